The summed E-state index contributed by atoms with van der Waals surface area (Å²) in [6.45, 7) is 1.35. The Morgan fingerprint density at radius 1 is 1.26 bits per heavy atom. The fourth-order valence-corrected chi connectivity index (χ4v) is 2.72. The first-order valence-corrected chi connectivity index (χ1v) is 7.48. The van der Waals surface area contributed by atoms with Crippen LogP contribution in [0.2, 0.25) is 0 Å². The van der Waals surface area contributed by atoms with Gasteiger partial charge in [0.15, 0.2) is 0 Å². The van der Waals surface area contributed by atoms with Crippen LogP contribution in [0.5, 0.6) is 5.75 Å². The topological polar surface area (TPSA) is 38.8 Å². The molecule has 0 spiro atoms. The van der Waals surface area contributed by atoms with E-state index in [2.05, 4.69) is 0 Å². The monoisotopic (exact) mass is 315 g/mol. The standard InChI is InChI=1S/C18H18FNO3/c1-22-16-8-7-14(19)11-15(16)18(21)20-9-10-23-17(12-20)13-5-3-2-4-6-13/h2-8,11,17H,9-10,12H2,1H3. The number of amides is 1. The molecule has 0 radical (unpaired) electrons. The molecule has 0 aliphatic carbocycles. The number of ether oxygens (including phenoxy) is 2. The Bertz CT molecular complexity index is 690. The molecule has 2 aromatic rings. The summed E-state index contributed by atoms with van der Waals surface area (Å²) >= 11 is 0. The zero-order chi connectivity index (χ0) is 16.2. The van der Waals surface area contributed by atoms with Crippen LogP contribution in [0.4, 0.5) is 4.39 Å². The molecule has 1 atom stereocenters. The lowest BCUT2D eigenvalue weighted by atomic mass is 10.1. The molecule has 0 N–H and O–H groups in total. The van der Waals surface area contributed by atoms with E-state index in [0.29, 0.717) is 25.4 Å². The molecule has 1 unspecified atom stereocenters. The number of benzene rings is 2. The normalized spacial score (nSPS) is 17.8. The molecule has 23 heavy (non-hydrogen) atoms. The summed E-state index contributed by atoms with van der Waals surface area (Å²) < 4.78 is 24.4. The van der Waals surface area contributed by atoms with Gasteiger partial charge >= 0.3 is 0 Å². The number of nitrogens with zero attached hydrogens (tertiary/aromatic N) is 1. The molecule has 4 nitrogen and oxygen atoms in total. The summed E-state index contributed by atoms with van der Waals surface area (Å²) in [4.78, 5) is 14.4. The number of carbonyl (C=O) groups is 1. The largest absolute Gasteiger partial charge is 0.496 e. The third kappa shape index (κ3) is 3.35. The smallest absolute Gasteiger partial charge is 0.257 e. The molecule has 1 aliphatic rings. The van der Waals surface area contributed by atoms with Gasteiger partial charge in [-0.1, -0.05) is 30.3 Å². The molecule has 120 valence electrons. The third-order valence-electron chi connectivity index (χ3n) is 3.92. The quantitative estimate of drug-likeness (QED) is 0.874. The van der Waals surface area contributed by atoms with Gasteiger partial charge in [0.2, 0.25) is 0 Å². The van der Waals surface area contributed by atoms with Crippen molar-refractivity contribution in [2.45, 2.75) is 6.10 Å². The van der Waals surface area contributed by atoms with Crippen molar-refractivity contribution in [3.8, 4) is 5.75 Å². The van der Waals surface area contributed by atoms with Gasteiger partial charge in [-0.2, -0.15) is 0 Å². The molecule has 1 saturated heterocycles. The summed E-state index contributed by atoms with van der Waals surface area (Å²) in [5, 5.41) is 0. The van der Waals surface area contributed by atoms with E-state index < -0.39 is 5.82 Å². The molecule has 3 rings (SSSR count). The Labute approximate surface area is 134 Å². The van der Waals surface area contributed by atoms with Gasteiger partial charge in [0.05, 0.1) is 25.8 Å². The van der Waals surface area contributed by atoms with Gasteiger partial charge < -0.3 is 14.4 Å². The van der Waals surface area contributed by atoms with Gasteiger partial charge in [0.25, 0.3) is 5.91 Å². The SMILES string of the molecule is COc1ccc(F)cc1C(=O)N1CCOC(c2ccccc2)C1. The molecular weight excluding hydrogens is 297 g/mol. The molecule has 1 heterocycles. The average Bonchev–Trinajstić information content (AvgIpc) is 2.62. The second-order valence-corrected chi connectivity index (χ2v) is 5.37. The lowest BCUT2D eigenvalue weighted by molar-refractivity contribution is -0.0229. The van der Waals surface area contributed by atoms with E-state index in [9.17, 15) is 9.18 Å². The average molecular weight is 315 g/mol. The number of morpholine rings is 1. The highest BCUT2D eigenvalue weighted by molar-refractivity contribution is 5.97. The van der Waals surface area contributed by atoms with E-state index >= 15 is 0 Å². The predicted octanol–water partition coefficient (Wildman–Crippen LogP) is 3.05. The second-order valence-electron chi connectivity index (χ2n) is 5.37. The van der Waals surface area contributed by atoms with Gasteiger partial charge in [-0.15, -0.1) is 0 Å². The van der Waals surface area contributed by atoms with E-state index in [4.69, 9.17) is 9.47 Å². The zero-order valence-corrected chi connectivity index (χ0v) is 12.9. The van der Waals surface area contributed by atoms with Crippen molar-refractivity contribution in [3.05, 3.63) is 65.5 Å². The summed E-state index contributed by atoms with van der Waals surface area (Å²) in [6.07, 6.45) is -0.173. The van der Waals surface area contributed by atoms with Gasteiger partial charge in [-0.05, 0) is 23.8 Å². The highest BCUT2D eigenvalue weighted by Crippen LogP contribution is 2.26. The molecule has 1 amide bonds. The maximum Gasteiger partial charge on any atom is 0.257 e. The zero-order valence-electron chi connectivity index (χ0n) is 12.9. The summed E-state index contributed by atoms with van der Waals surface area (Å²) in [6, 6.07) is 13.7. The van der Waals surface area contributed by atoms with Gasteiger partial charge in [-0.3, -0.25) is 4.79 Å². The summed E-state index contributed by atoms with van der Waals surface area (Å²) in [5.41, 5.74) is 1.26. The van der Waals surface area contributed by atoms with E-state index in [1.807, 2.05) is 30.3 Å². The van der Waals surface area contributed by atoms with Crippen LogP contribution in [-0.4, -0.2) is 37.6 Å². The second kappa shape index (κ2) is 6.79. The fraction of sp³-hybridized carbons (Fsp3) is 0.278. The van der Waals surface area contributed by atoms with Crippen LogP contribution in [-0.2, 0) is 4.74 Å². The Morgan fingerprint density at radius 2 is 2.04 bits per heavy atom. The minimum absolute atomic E-state index is 0.173. The minimum Gasteiger partial charge on any atom is -0.496 e. The van der Waals surface area contributed by atoms with Crippen molar-refractivity contribution in [3.63, 3.8) is 0 Å². The first kappa shape index (κ1) is 15.5. The molecule has 1 aliphatic heterocycles. The van der Waals surface area contributed by atoms with Gasteiger partial charge in [0.1, 0.15) is 17.7 Å². The summed E-state index contributed by atoms with van der Waals surface area (Å²) in [7, 11) is 1.47. The number of halogens is 1. The first-order valence-electron chi connectivity index (χ1n) is 7.48. The molecule has 2 aromatic carbocycles. The highest BCUT2D eigenvalue weighted by atomic mass is 19.1. The van der Waals surface area contributed by atoms with Gasteiger partial charge in [0, 0.05) is 6.54 Å². The maximum absolute atomic E-state index is 13.5. The Hall–Kier alpha value is -2.40. The number of methoxy groups -OCH3 is 1. The van der Waals surface area contributed by atoms with Crippen LogP contribution in [0.3, 0.4) is 0 Å². The predicted molar refractivity (Wildman–Crippen MR) is 84.0 cm³/mol. The molecule has 1 fully saturated rings. The van der Waals surface area contributed by atoms with Crippen LogP contribution in [0.25, 0.3) is 0 Å². The molecule has 5 heteroatoms. The lowest BCUT2D eigenvalue weighted by Gasteiger charge is -2.33. The van der Waals surface area contributed by atoms with Crippen LogP contribution in [0, 0.1) is 5.82 Å². The van der Waals surface area contributed by atoms with Crippen molar-refractivity contribution in [1.29, 1.82) is 0 Å². The van der Waals surface area contributed by atoms with Crippen LogP contribution < -0.4 is 4.74 Å². The van der Waals surface area contributed by atoms with E-state index in [0.717, 1.165) is 5.56 Å². The Balaban J connectivity index is 1.81. The van der Waals surface area contributed by atoms with Crippen molar-refractivity contribution >= 4 is 5.91 Å². The molecule has 0 saturated carbocycles. The summed E-state index contributed by atoms with van der Waals surface area (Å²) in [5.74, 6) is -0.327. The number of carbonyl (C=O) groups excluding carboxylic acids is 1. The number of rotatable bonds is 3. The first-order chi connectivity index (χ1) is 11.2. The van der Waals surface area contributed by atoms with E-state index in [-0.39, 0.29) is 17.6 Å². The Kier molecular flexibility index (Phi) is 4.57. The lowest BCUT2D eigenvalue weighted by Crippen LogP contribution is -2.42. The van der Waals surface area contributed by atoms with Crippen LogP contribution >= 0.6 is 0 Å². The Morgan fingerprint density at radius 3 is 2.78 bits per heavy atom. The molecular formula is C18H18FNO3. The minimum atomic E-state index is -0.456. The molecule has 0 aromatic heterocycles. The molecule has 0 bridgehead atoms. The number of hydrogen-bond donors (Lipinski definition) is 0. The maximum atomic E-state index is 13.5. The van der Waals surface area contributed by atoms with Gasteiger partial charge in [-0.25, -0.2) is 4.39 Å². The van der Waals surface area contributed by atoms with Crippen molar-refractivity contribution in [2.75, 3.05) is 26.8 Å². The van der Waals surface area contributed by atoms with Crippen molar-refractivity contribution < 1.29 is 18.7 Å². The van der Waals surface area contributed by atoms with Crippen molar-refractivity contribution in [1.82, 2.24) is 4.90 Å². The van der Waals surface area contributed by atoms with E-state index in [1.165, 1.54) is 25.3 Å². The van der Waals surface area contributed by atoms with Crippen LogP contribution in [0.15, 0.2) is 48.5 Å². The van der Waals surface area contributed by atoms with Crippen molar-refractivity contribution in [2.24, 2.45) is 0 Å². The highest BCUT2D eigenvalue weighted by Gasteiger charge is 2.27. The fourth-order valence-electron chi connectivity index (χ4n) is 2.72. The van der Waals surface area contributed by atoms with Crippen LogP contribution in [0.1, 0.15) is 22.0 Å². The van der Waals surface area contributed by atoms with E-state index in [1.54, 1.807) is 4.90 Å². The number of hydrogen-bond acceptors (Lipinski definition) is 3. The third-order valence-corrected chi connectivity index (χ3v) is 3.92.